The Morgan fingerprint density at radius 1 is 1.03 bits per heavy atom. The molecule has 1 aromatic heterocycles. The van der Waals surface area contributed by atoms with Crippen molar-refractivity contribution in [3.8, 4) is 0 Å². The van der Waals surface area contributed by atoms with E-state index in [1.807, 2.05) is 0 Å². The number of nitrogens with zero attached hydrogens (tertiary/aromatic N) is 2. The standard InChI is InChI=1S/C19H18N2O7S2/c1-29(24,25)21(30(2,26)27)12-4-6-14-11(9-12)3-8-17-18(14)19(20-28-17)15-7-5-13(22)10-16(15)23/h3-4,6,8-9,15H,5,7,10H2,1-2H3/t15-/m1/s1. The van der Waals surface area contributed by atoms with Crippen molar-refractivity contribution in [2.75, 3.05) is 16.2 Å². The van der Waals surface area contributed by atoms with Crippen LogP contribution in [-0.4, -0.2) is 46.1 Å². The molecule has 0 aliphatic heterocycles. The van der Waals surface area contributed by atoms with Gasteiger partial charge in [-0.3, -0.25) is 9.59 Å². The zero-order valence-electron chi connectivity index (χ0n) is 16.2. The molecule has 9 nitrogen and oxygen atoms in total. The highest BCUT2D eigenvalue weighted by molar-refractivity contribution is 8.09. The molecule has 1 fully saturated rings. The van der Waals surface area contributed by atoms with E-state index in [1.165, 1.54) is 12.1 Å². The van der Waals surface area contributed by atoms with Crippen molar-refractivity contribution in [2.24, 2.45) is 0 Å². The van der Waals surface area contributed by atoms with E-state index in [0.29, 0.717) is 37.6 Å². The minimum absolute atomic E-state index is 0.0239. The maximum absolute atomic E-state index is 12.4. The summed E-state index contributed by atoms with van der Waals surface area (Å²) in [5, 5.41) is 5.86. The van der Waals surface area contributed by atoms with Gasteiger partial charge in [-0.2, -0.15) is 3.71 Å². The molecular formula is C19H18N2O7S2. The first-order chi connectivity index (χ1) is 14.0. The topological polar surface area (TPSA) is 132 Å². The smallest absolute Gasteiger partial charge is 0.245 e. The molecule has 0 amide bonds. The lowest BCUT2D eigenvalue weighted by molar-refractivity contribution is -0.130. The average Bonchev–Trinajstić information content (AvgIpc) is 3.03. The molecule has 1 aliphatic carbocycles. The first-order valence-corrected chi connectivity index (χ1v) is 12.7. The third-order valence-electron chi connectivity index (χ3n) is 5.08. The zero-order valence-corrected chi connectivity index (χ0v) is 17.8. The molecule has 0 bridgehead atoms. The highest BCUT2D eigenvalue weighted by Gasteiger charge is 2.33. The second-order valence-electron chi connectivity index (χ2n) is 7.41. The van der Waals surface area contributed by atoms with Crippen LogP contribution >= 0.6 is 0 Å². The van der Waals surface area contributed by atoms with Crippen LogP contribution in [0.15, 0.2) is 34.9 Å². The summed E-state index contributed by atoms with van der Waals surface area (Å²) in [6.45, 7) is 0. The van der Waals surface area contributed by atoms with Crippen molar-refractivity contribution in [3.63, 3.8) is 0 Å². The minimum atomic E-state index is -4.08. The molecule has 1 aliphatic rings. The van der Waals surface area contributed by atoms with Crippen LogP contribution in [0.4, 0.5) is 5.69 Å². The van der Waals surface area contributed by atoms with Gasteiger partial charge in [0.05, 0.1) is 35.9 Å². The first kappa shape index (κ1) is 20.5. The van der Waals surface area contributed by atoms with Crippen LogP contribution in [0.25, 0.3) is 21.7 Å². The van der Waals surface area contributed by atoms with Gasteiger partial charge in [0.15, 0.2) is 5.58 Å². The number of fused-ring (bicyclic) bond motifs is 3. The molecule has 2 aromatic carbocycles. The lowest BCUT2D eigenvalue weighted by Crippen LogP contribution is -2.35. The summed E-state index contributed by atoms with van der Waals surface area (Å²) in [4.78, 5) is 24.0. The summed E-state index contributed by atoms with van der Waals surface area (Å²) in [6, 6.07) is 7.69. The molecule has 30 heavy (non-hydrogen) atoms. The molecule has 0 radical (unpaired) electrons. The second kappa shape index (κ2) is 6.88. The number of Topliss-reactive ketones (excluding diaryl/α,β-unsaturated/α-hetero) is 2. The Labute approximate surface area is 172 Å². The van der Waals surface area contributed by atoms with Gasteiger partial charge < -0.3 is 4.52 Å². The summed E-state index contributed by atoms with van der Waals surface area (Å²) in [7, 11) is -8.15. The SMILES string of the molecule is CS(=O)(=O)N(c1ccc2c(ccc3onc([C@@H]4CCC(=O)CC4=O)c32)c1)S(C)(=O)=O. The third-order valence-corrected chi connectivity index (χ3v) is 8.33. The number of hydrogen-bond acceptors (Lipinski definition) is 8. The predicted molar refractivity (Wildman–Crippen MR) is 110 cm³/mol. The van der Waals surface area contributed by atoms with Gasteiger partial charge in [-0.15, -0.1) is 0 Å². The zero-order chi connectivity index (χ0) is 21.8. The number of rotatable bonds is 4. The number of sulfonamides is 2. The Morgan fingerprint density at radius 2 is 1.73 bits per heavy atom. The fraction of sp³-hybridized carbons (Fsp3) is 0.316. The fourth-order valence-electron chi connectivity index (χ4n) is 3.92. The number of anilines is 1. The quantitative estimate of drug-likeness (QED) is 0.552. The molecule has 1 heterocycles. The summed E-state index contributed by atoms with van der Waals surface area (Å²) in [6.07, 6.45) is 2.14. The Hall–Kier alpha value is -2.79. The van der Waals surface area contributed by atoms with E-state index in [9.17, 15) is 26.4 Å². The number of benzene rings is 2. The Balaban J connectivity index is 1.91. The van der Waals surface area contributed by atoms with Gasteiger partial charge in [-0.25, -0.2) is 16.8 Å². The molecule has 0 N–H and O–H groups in total. The van der Waals surface area contributed by atoms with Crippen LogP contribution in [0.1, 0.15) is 30.9 Å². The van der Waals surface area contributed by atoms with E-state index in [1.54, 1.807) is 18.2 Å². The number of carbonyl (C=O) groups is 2. The Bertz CT molecular complexity index is 1390. The van der Waals surface area contributed by atoms with Gasteiger partial charge >= 0.3 is 0 Å². The second-order valence-corrected chi connectivity index (χ2v) is 11.3. The molecule has 3 aromatic rings. The van der Waals surface area contributed by atoms with E-state index >= 15 is 0 Å². The van der Waals surface area contributed by atoms with Crippen LogP contribution in [0.2, 0.25) is 0 Å². The molecule has 1 atom stereocenters. The van der Waals surface area contributed by atoms with Gasteiger partial charge in [0.2, 0.25) is 20.0 Å². The van der Waals surface area contributed by atoms with E-state index in [2.05, 4.69) is 5.16 Å². The van der Waals surface area contributed by atoms with Crippen molar-refractivity contribution in [1.29, 1.82) is 0 Å². The number of carbonyl (C=O) groups excluding carboxylic acids is 2. The van der Waals surface area contributed by atoms with Crippen molar-refractivity contribution in [2.45, 2.75) is 25.2 Å². The maximum Gasteiger partial charge on any atom is 0.245 e. The van der Waals surface area contributed by atoms with Crippen LogP contribution < -0.4 is 3.71 Å². The van der Waals surface area contributed by atoms with Gasteiger partial charge in [-0.1, -0.05) is 17.3 Å². The molecule has 0 spiro atoms. The van der Waals surface area contributed by atoms with Gasteiger partial charge in [0.1, 0.15) is 17.3 Å². The molecular weight excluding hydrogens is 432 g/mol. The predicted octanol–water partition coefficient (Wildman–Crippen LogP) is 2.11. The number of hydrogen-bond donors (Lipinski definition) is 0. The van der Waals surface area contributed by atoms with E-state index in [0.717, 1.165) is 12.5 Å². The van der Waals surface area contributed by atoms with Crippen LogP contribution in [0.3, 0.4) is 0 Å². The summed E-state index contributed by atoms with van der Waals surface area (Å²) >= 11 is 0. The van der Waals surface area contributed by atoms with E-state index in [4.69, 9.17) is 4.52 Å². The Kier molecular flexibility index (Phi) is 4.70. The molecule has 1 saturated carbocycles. The minimum Gasteiger partial charge on any atom is -0.356 e. The van der Waals surface area contributed by atoms with Crippen LogP contribution in [-0.2, 0) is 29.6 Å². The van der Waals surface area contributed by atoms with Gasteiger partial charge in [0.25, 0.3) is 0 Å². The van der Waals surface area contributed by atoms with Crippen molar-refractivity contribution in [1.82, 2.24) is 5.16 Å². The normalized spacial score (nSPS) is 18.3. The summed E-state index contributed by atoms with van der Waals surface area (Å²) in [5.74, 6) is -0.867. The van der Waals surface area contributed by atoms with Crippen molar-refractivity contribution < 1.29 is 30.9 Å². The Morgan fingerprint density at radius 3 is 2.37 bits per heavy atom. The third kappa shape index (κ3) is 3.47. The number of aromatic nitrogens is 1. The lowest BCUT2D eigenvalue weighted by atomic mass is 9.83. The first-order valence-electron chi connectivity index (χ1n) is 9.04. The molecule has 0 saturated heterocycles. The van der Waals surface area contributed by atoms with Crippen LogP contribution in [0, 0.1) is 0 Å². The monoisotopic (exact) mass is 450 g/mol. The largest absolute Gasteiger partial charge is 0.356 e. The molecule has 11 heteroatoms. The summed E-state index contributed by atoms with van der Waals surface area (Å²) < 4.78 is 54.0. The fourth-order valence-corrected chi connectivity index (χ4v) is 6.88. The van der Waals surface area contributed by atoms with Crippen molar-refractivity contribution in [3.05, 3.63) is 36.0 Å². The van der Waals surface area contributed by atoms with E-state index < -0.39 is 26.0 Å². The van der Waals surface area contributed by atoms with Gasteiger partial charge in [-0.05, 0) is 35.4 Å². The maximum atomic E-state index is 12.4. The lowest BCUT2D eigenvalue weighted by Gasteiger charge is -2.20. The molecule has 0 unspecified atom stereocenters. The van der Waals surface area contributed by atoms with Crippen molar-refractivity contribution >= 4 is 59.0 Å². The molecule has 158 valence electrons. The van der Waals surface area contributed by atoms with Crippen LogP contribution in [0.5, 0.6) is 0 Å². The molecule has 4 rings (SSSR count). The number of ketones is 2. The van der Waals surface area contributed by atoms with E-state index in [-0.39, 0.29) is 30.1 Å². The van der Waals surface area contributed by atoms with Gasteiger partial charge in [0, 0.05) is 6.42 Å². The highest BCUT2D eigenvalue weighted by atomic mass is 32.3. The summed E-state index contributed by atoms with van der Waals surface area (Å²) in [5.41, 5.74) is 0.853. The highest BCUT2D eigenvalue weighted by Crippen LogP contribution is 2.38. The average molecular weight is 450 g/mol.